The monoisotopic (exact) mass is 285 g/mol. The lowest BCUT2D eigenvalue weighted by molar-refractivity contribution is -0.123. The van der Waals surface area contributed by atoms with Gasteiger partial charge in [-0.05, 0) is 34.1 Å². The molecule has 1 amide bonds. The summed E-state index contributed by atoms with van der Waals surface area (Å²) in [5, 5.41) is 2.85. The lowest BCUT2D eigenvalue weighted by atomic mass is 9.95. The third-order valence-corrected chi connectivity index (χ3v) is 2.71. The van der Waals surface area contributed by atoms with Gasteiger partial charge in [-0.25, -0.2) is 0 Å². The number of methoxy groups -OCH3 is 1. The molecule has 1 aromatic rings. The number of rotatable bonds is 2. The third kappa shape index (κ3) is 3.23. The van der Waals surface area contributed by atoms with E-state index in [1.807, 2.05) is 39.0 Å². The van der Waals surface area contributed by atoms with Crippen LogP contribution in [-0.4, -0.2) is 13.0 Å². The highest BCUT2D eigenvalue weighted by Gasteiger charge is 2.21. The molecule has 0 radical (unpaired) electrons. The van der Waals surface area contributed by atoms with Crippen LogP contribution in [0.15, 0.2) is 22.7 Å². The van der Waals surface area contributed by atoms with Gasteiger partial charge < -0.3 is 10.1 Å². The fraction of sp³-hybridized carbons (Fsp3) is 0.417. The summed E-state index contributed by atoms with van der Waals surface area (Å²) in [6.07, 6.45) is 0. The molecule has 0 saturated heterocycles. The van der Waals surface area contributed by atoms with Crippen LogP contribution < -0.4 is 10.1 Å². The van der Waals surface area contributed by atoms with Gasteiger partial charge in [-0.3, -0.25) is 4.79 Å². The van der Waals surface area contributed by atoms with Crippen LogP contribution >= 0.6 is 15.9 Å². The van der Waals surface area contributed by atoms with Crippen molar-refractivity contribution in [1.29, 1.82) is 0 Å². The molecule has 1 aromatic carbocycles. The molecule has 0 fully saturated rings. The maximum atomic E-state index is 11.7. The summed E-state index contributed by atoms with van der Waals surface area (Å²) in [7, 11) is 1.60. The molecule has 0 atom stereocenters. The van der Waals surface area contributed by atoms with E-state index in [1.54, 1.807) is 7.11 Å². The van der Waals surface area contributed by atoms with Crippen molar-refractivity contribution in [2.45, 2.75) is 20.8 Å². The van der Waals surface area contributed by atoms with Crippen LogP contribution in [0, 0.1) is 5.41 Å². The molecule has 1 N–H and O–H groups in total. The Kier molecular flexibility index (Phi) is 3.97. The molecule has 0 aliphatic rings. The van der Waals surface area contributed by atoms with Crippen LogP contribution in [0.4, 0.5) is 5.69 Å². The smallest absolute Gasteiger partial charge is 0.229 e. The summed E-state index contributed by atoms with van der Waals surface area (Å²) in [6.45, 7) is 5.63. The molecule has 0 unspecified atom stereocenters. The van der Waals surface area contributed by atoms with E-state index in [9.17, 15) is 4.79 Å². The fourth-order valence-electron chi connectivity index (χ4n) is 1.06. The van der Waals surface area contributed by atoms with Crippen LogP contribution in [-0.2, 0) is 4.79 Å². The molecular formula is C12H16BrNO2. The molecule has 3 nitrogen and oxygen atoms in total. The van der Waals surface area contributed by atoms with Crippen molar-refractivity contribution in [2.75, 3.05) is 12.4 Å². The summed E-state index contributed by atoms with van der Waals surface area (Å²) in [4.78, 5) is 11.7. The molecule has 0 bridgehead atoms. The van der Waals surface area contributed by atoms with Crippen molar-refractivity contribution in [3.05, 3.63) is 22.7 Å². The minimum absolute atomic E-state index is 0.00966. The Morgan fingerprint density at radius 2 is 2.00 bits per heavy atom. The van der Waals surface area contributed by atoms with E-state index in [2.05, 4.69) is 21.2 Å². The van der Waals surface area contributed by atoms with Gasteiger partial charge in [0.1, 0.15) is 5.75 Å². The van der Waals surface area contributed by atoms with Gasteiger partial charge in [-0.15, -0.1) is 0 Å². The summed E-state index contributed by atoms with van der Waals surface area (Å²) < 4.78 is 5.93. The molecule has 16 heavy (non-hydrogen) atoms. The number of halogens is 1. The van der Waals surface area contributed by atoms with Crippen molar-refractivity contribution in [3.63, 3.8) is 0 Å². The maximum Gasteiger partial charge on any atom is 0.229 e. The second-order valence-corrected chi connectivity index (χ2v) is 5.41. The predicted octanol–water partition coefficient (Wildman–Crippen LogP) is 3.44. The standard InChI is InChI=1S/C12H16BrNO2/c1-12(2,3)11(15)14-8-5-6-10(16-4)9(13)7-8/h5-7H,1-4H3,(H,14,15). The van der Waals surface area contributed by atoms with Crippen molar-refractivity contribution >= 4 is 27.5 Å². The Morgan fingerprint density at radius 3 is 2.44 bits per heavy atom. The number of amides is 1. The van der Waals surface area contributed by atoms with Crippen molar-refractivity contribution in [2.24, 2.45) is 5.41 Å². The summed E-state index contributed by atoms with van der Waals surface area (Å²) in [5.41, 5.74) is 0.361. The van der Waals surface area contributed by atoms with Crippen LogP contribution in [0.1, 0.15) is 20.8 Å². The zero-order chi connectivity index (χ0) is 12.3. The first kappa shape index (κ1) is 13.0. The molecule has 1 rings (SSSR count). The topological polar surface area (TPSA) is 38.3 Å². The molecule has 88 valence electrons. The normalized spacial score (nSPS) is 11.1. The van der Waals surface area contributed by atoms with Gasteiger partial charge in [-0.1, -0.05) is 20.8 Å². The third-order valence-electron chi connectivity index (χ3n) is 2.09. The van der Waals surface area contributed by atoms with Crippen LogP contribution in [0.25, 0.3) is 0 Å². The van der Waals surface area contributed by atoms with Gasteiger partial charge >= 0.3 is 0 Å². The average molecular weight is 286 g/mol. The maximum absolute atomic E-state index is 11.7. The molecule has 0 aliphatic heterocycles. The van der Waals surface area contributed by atoms with E-state index in [0.29, 0.717) is 0 Å². The molecule has 0 heterocycles. The number of hydrogen-bond acceptors (Lipinski definition) is 2. The van der Waals surface area contributed by atoms with Gasteiger partial charge in [0, 0.05) is 11.1 Å². The average Bonchev–Trinajstić information content (AvgIpc) is 2.16. The Morgan fingerprint density at radius 1 is 1.38 bits per heavy atom. The highest BCUT2D eigenvalue weighted by molar-refractivity contribution is 9.10. The Bertz CT molecular complexity index is 396. The minimum atomic E-state index is -0.396. The van der Waals surface area contributed by atoms with Gasteiger partial charge in [-0.2, -0.15) is 0 Å². The van der Waals surface area contributed by atoms with Gasteiger partial charge in [0.15, 0.2) is 0 Å². The van der Waals surface area contributed by atoms with E-state index in [-0.39, 0.29) is 5.91 Å². The fourth-order valence-corrected chi connectivity index (χ4v) is 1.60. The van der Waals surface area contributed by atoms with Crippen molar-refractivity contribution in [3.8, 4) is 5.75 Å². The zero-order valence-electron chi connectivity index (χ0n) is 9.93. The highest BCUT2D eigenvalue weighted by atomic mass is 79.9. The van der Waals surface area contributed by atoms with Crippen molar-refractivity contribution < 1.29 is 9.53 Å². The predicted molar refractivity (Wildman–Crippen MR) is 68.8 cm³/mol. The van der Waals surface area contributed by atoms with E-state index in [0.717, 1.165) is 15.9 Å². The quantitative estimate of drug-likeness (QED) is 0.904. The second-order valence-electron chi connectivity index (χ2n) is 4.55. The molecule has 0 saturated carbocycles. The first-order valence-corrected chi connectivity index (χ1v) is 5.79. The van der Waals surface area contributed by atoms with Crippen LogP contribution in [0.3, 0.4) is 0 Å². The first-order valence-electron chi connectivity index (χ1n) is 4.99. The van der Waals surface area contributed by atoms with Gasteiger partial charge in [0.25, 0.3) is 0 Å². The SMILES string of the molecule is COc1ccc(NC(=O)C(C)(C)C)cc1Br. The molecular weight excluding hydrogens is 270 g/mol. The van der Waals surface area contributed by atoms with Gasteiger partial charge in [0.2, 0.25) is 5.91 Å². The summed E-state index contributed by atoms with van der Waals surface area (Å²) in [6, 6.07) is 5.44. The first-order chi connectivity index (χ1) is 7.34. The zero-order valence-corrected chi connectivity index (χ0v) is 11.5. The number of nitrogens with one attached hydrogen (secondary N) is 1. The number of carbonyl (C=O) groups is 1. The van der Waals surface area contributed by atoms with Crippen LogP contribution in [0.2, 0.25) is 0 Å². The number of ether oxygens (including phenoxy) is 1. The van der Waals surface area contributed by atoms with Crippen LogP contribution in [0.5, 0.6) is 5.75 Å². The molecule has 0 aliphatic carbocycles. The van der Waals surface area contributed by atoms with Gasteiger partial charge in [0.05, 0.1) is 11.6 Å². The largest absolute Gasteiger partial charge is 0.496 e. The summed E-state index contributed by atoms with van der Waals surface area (Å²) >= 11 is 3.37. The Labute approximate surface area is 104 Å². The molecule has 0 spiro atoms. The number of anilines is 1. The Balaban J connectivity index is 2.84. The Hall–Kier alpha value is -1.03. The highest BCUT2D eigenvalue weighted by Crippen LogP contribution is 2.28. The molecule has 4 heteroatoms. The second kappa shape index (κ2) is 4.87. The van der Waals surface area contributed by atoms with Crippen molar-refractivity contribution in [1.82, 2.24) is 0 Å². The number of carbonyl (C=O) groups excluding carboxylic acids is 1. The minimum Gasteiger partial charge on any atom is -0.496 e. The van der Waals surface area contributed by atoms with E-state index < -0.39 is 5.41 Å². The lowest BCUT2D eigenvalue weighted by Gasteiger charge is -2.18. The lowest BCUT2D eigenvalue weighted by Crippen LogP contribution is -2.27. The molecule has 0 aromatic heterocycles. The number of benzene rings is 1. The van der Waals surface area contributed by atoms with E-state index in [1.165, 1.54) is 0 Å². The van der Waals surface area contributed by atoms with E-state index in [4.69, 9.17) is 4.74 Å². The van der Waals surface area contributed by atoms with E-state index >= 15 is 0 Å². The number of hydrogen-bond donors (Lipinski definition) is 1. The summed E-state index contributed by atoms with van der Waals surface area (Å²) in [5.74, 6) is 0.735.